The minimum absolute atomic E-state index is 0.183. The first-order valence-corrected chi connectivity index (χ1v) is 8.62. The molecule has 1 aliphatic rings. The van der Waals surface area contributed by atoms with Gasteiger partial charge in [0.2, 0.25) is 0 Å². The van der Waals surface area contributed by atoms with Gasteiger partial charge in [0.1, 0.15) is 0 Å². The summed E-state index contributed by atoms with van der Waals surface area (Å²) >= 11 is 1.89. The molecule has 2 nitrogen and oxygen atoms in total. The molecule has 0 amide bonds. The van der Waals surface area contributed by atoms with Crippen LogP contribution in [0.15, 0.2) is 18.3 Å². The van der Waals surface area contributed by atoms with Crippen LogP contribution in [0, 0.1) is 19.3 Å². The number of rotatable bonds is 2. The van der Waals surface area contributed by atoms with Crippen molar-refractivity contribution >= 4 is 11.3 Å². The average Bonchev–Trinajstić information content (AvgIpc) is 2.90. The summed E-state index contributed by atoms with van der Waals surface area (Å²) in [6, 6.07) is 5.15. The molecule has 0 aliphatic heterocycles. The van der Waals surface area contributed by atoms with E-state index in [1.807, 2.05) is 11.3 Å². The van der Waals surface area contributed by atoms with Crippen molar-refractivity contribution in [3.63, 3.8) is 0 Å². The molecular weight excluding hydrogens is 276 g/mol. The second kappa shape index (κ2) is 4.99. The van der Waals surface area contributed by atoms with Crippen LogP contribution in [0.4, 0.5) is 0 Å². The SMILES string of the molecule is Cc1cc(C(C)n2ccc3c2CC(C)(C)CC3N)c(C)s1. The standard InChI is InChI=1S/C18H26N2S/c1-11-8-15(13(3)21-11)12(2)20-7-6-14-16(19)9-18(4,5)10-17(14)20/h6-8,12,16H,9-10,19H2,1-5H3. The van der Waals surface area contributed by atoms with Crippen LogP contribution in [0.25, 0.3) is 0 Å². The molecule has 0 fully saturated rings. The van der Waals surface area contributed by atoms with E-state index in [0.29, 0.717) is 11.5 Å². The Morgan fingerprint density at radius 1 is 1.38 bits per heavy atom. The van der Waals surface area contributed by atoms with Crippen LogP contribution < -0.4 is 5.73 Å². The molecule has 1 aliphatic carbocycles. The predicted molar refractivity (Wildman–Crippen MR) is 91.1 cm³/mol. The van der Waals surface area contributed by atoms with Gasteiger partial charge in [0.25, 0.3) is 0 Å². The Morgan fingerprint density at radius 2 is 2.10 bits per heavy atom. The summed E-state index contributed by atoms with van der Waals surface area (Å²) in [5.74, 6) is 0. The topological polar surface area (TPSA) is 30.9 Å². The molecule has 0 aromatic carbocycles. The number of fused-ring (bicyclic) bond motifs is 1. The summed E-state index contributed by atoms with van der Waals surface area (Å²) in [5, 5.41) is 0. The quantitative estimate of drug-likeness (QED) is 0.853. The number of thiophene rings is 1. The third kappa shape index (κ3) is 2.58. The van der Waals surface area contributed by atoms with Gasteiger partial charge in [0.15, 0.2) is 0 Å². The van der Waals surface area contributed by atoms with Crippen LogP contribution >= 0.6 is 11.3 Å². The summed E-state index contributed by atoms with van der Waals surface area (Å²) < 4.78 is 2.45. The molecule has 0 saturated carbocycles. The molecule has 0 bridgehead atoms. The van der Waals surface area contributed by atoms with Crippen LogP contribution in [0.5, 0.6) is 0 Å². The minimum atomic E-state index is 0.183. The van der Waals surface area contributed by atoms with E-state index in [1.165, 1.54) is 26.6 Å². The molecule has 0 spiro atoms. The summed E-state index contributed by atoms with van der Waals surface area (Å²) in [4.78, 5) is 2.83. The largest absolute Gasteiger partial charge is 0.344 e. The Kier molecular flexibility index (Phi) is 3.53. The lowest BCUT2D eigenvalue weighted by atomic mass is 9.74. The van der Waals surface area contributed by atoms with E-state index < -0.39 is 0 Å². The molecule has 2 N–H and O–H groups in total. The Bertz CT molecular complexity index is 663. The fourth-order valence-corrected chi connectivity index (χ4v) is 4.85. The van der Waals surface area contributed by atoms with E-state index in [2.05, 4.69) is 57.5 Å². The lowest BCUT2D eigenvalue weighted by Gasteiger charge is -2.35. The first-order valence-electron chi connectivity index (χ1n) is 7.80. The maximum atomic E-state index is 6.40. The zero-order valence-corrected chi connectivity index (χ0v) is 14.6. The van der Waals surface area contributed by atoms with Gasteiger partial charge in [-0.1, -0.05) is 13.8 Å². The van der Waals surface area contributed by atoms with Gasteiger partial charge < -0.3 is 10.3 Å². The van der Waals surface area contributed by atoms with Gasteiger partial charge in [-0.05, 0) is 62.3 Å². The minimum Gasteiger partial charge on any atom is -0.344 e. The van der Waals surface area contributed by atoms with Crippen molar-refractivity contribution in [3.8, 4) is 0 Å². The molecule has 114 valence electrons. The maximum Gasteiger partial charge on any atom is 0.0565 e. The van der Waals surface area contributed by atoms with Crippen molar-refractivity contribution in [1.29, 1.82) is 0 Å². The number of nitrogens with zero attached hydrogens (tertiary/aromatic N) is 1. The van der Waals surface area contributed by atoms with Crippen molar-refractivity contribution in [1.82, 2.24) is 4.57 Å². The van der Waals surface area contributed by atoms with Gasteiger partial charge in [-0.25, -0.2) is 0 Å². The van der Waals surface area contributed by atoms with E-state index in [4.69, 9.17) is 5.73 Å². The predicted octanol–water partition coefficient (Wildman–Crippen LogP) is 4.75. The summed E-state index contributed by atoms with van der Waals surface area (Å²) in [6.45, 7) is 11.4. The molecule has 2 atom stereocenters. The summed E-state index contributed by atoms with van der Waals surface area (Å²) in [5.41, 5.74) is 10.9. The average molecular weight is 302 g/mol. The summed E-state index contributed by atoms with van der Waals surface area (Å²) in [7, 11) is 0. The molecule has 21 heavy (non-hydrogen) atoms. The fraction of sp³-hybridized carbons (Fsp3) is 0.556. The molecule has 0 saturated heterocycles. The van der Waals surface area contributed by atoms with Crippen molar-refractivity contribution in [2.24, 2.45) is 11.1 Å². The zero-order valence-electron chi connectivity index (χ0n) is 13.7. The highest BCUT2D eigenvalue weighted by Crippen LogP contribution is 2.42. The lowest BCUT2D eigenvalue weighted by Crippen LogP contribution is -2.31. The molecule has 2 heterocycles. The first kappa shape index (κ1) is 14.9. The second-order valence-corrected chi connectivity index (χ2v) is 8.78. The van der Waals surface area contributed by atoms with Gasteiger partial charge >= 0.3 is 0 Å². The highest BCUT2D eigenvalue weighted by molar-refractivity contribution is 7.12. The van der Waals surface area contributed by atoms with Gasteiger partial charge in [0, 0.05) is 27.7 Å². The molecule has 3 rings (SSSR count). The number of aromatic nitrogens is 1. The Hall–Kier alpha value is -1.06. The third-order valence-corrected chi connectivity index (χ3v) is 5.81. The molecule has 2 aromatic rings. The summed E-state index contributed by atoms with van der Waals surface area (Å²) in [6.07, 6.45) is 4.44. The number of hydrogen-bond donors (Lipinski definition) is 1. The van der Waals surface area contributed by atoms with Gasteiger partial charge in [0.05, 0.1) is 6.04 Å². The molecule has 3 heteroatoms. The number of aryl methyl sites for hydroxylation is 2. The zero-order chi connectivity index (χ0) is 15.4. The maximum absolute atomic E-state index is 6.40. The van der Waals surface area contributed by atoms with Crippen LogP contribution in [0.1, 0.15) is 65.9 Å². The smallest absolute Gasteiger partial charge is 0.0565 e. The van der Waals surface area contributed by atoms with E-state index in [1.54, 1.807) is 0 Å². The van der Waals surface area contributed by atoms with Crippen LogP contribution in [0.3, 0.4) is 0 Å². The highest BCUT2D eigenvalue weighted by Gasteiger charge is 2.33. The van der Waals surface area contributed by atoms with Crippen LogP contribution in [-0.2, 0) is 6.42 Å². The van der Waals surface area contributed by atoms with Gasteiger partial charge in [-0.3, -0.25) is 0 Å². The normalized spacial score (nSPS) is 22.1. The van der Waals surface area contributed by atoms with E-state index in [9.17, 15) is 0 Å². The molecule has 2 aromatic heterocycles. The first-order chi connectivity index (χ1) is 9.78. The Balaban J connectivity index is 2.03. The van der Waals surface area contributed by atoms with Gasteiger partial charge in [-0.2, -0.15) is 0 Å². The second-order valence-electron chi connectivity index (χ2n) is 7.32. The molecule has 2 unspecified atom stereocenters. The highest BCUT2D eigenvalue weighted by atomic mass is 32.1. The number of hydrogen-bond acceptors (Lipinski definition) is 2. The number of nitrogens with two attached hydrogens (primary N) is 1. The fourth-order valence-electron chi connectivity index (χ4n) is 3.84. The van der Waals surface area contributed by atoms with Gasteiger partial charge in [-0.15, -0.1) is 11.3 Å². The van der Waals surface area contributed by atoms with Crippen LogP contribution in [-0.4, -0.2) is 4.57 Å². The van der Waals surface area contributed by atoms with Crippen molar-refractivity contribution in [2.45, 2.75) is 59.5 Å². The third-order valence-electron chi connectivity index (χ3n) is 4.82. The van der Waals surface area contributed by atoms with Crippen molar-refractivity contribution in [2.75, 3.05) is 0 Å². The lowest BCUT2D eigenvalue weighted by molar-refractivity contribution is 0.274. The van der Waals surface area contributed by atoms with Crippen molar-refractivity contribution < 1.29 is 0 Å². The van der Waals surface area contributed by atoms with Crippen molar-refractivity contribution in [3.05, 3.63) is 44.9 Å². The Labute approximate surface area is 132 Å². The molecular formula is C18H26N2S. The Morgan fingerprint density at radius 3 is 2.71 bits per heavy atom. The van der Waals surface area contributed by atoms with E-state index in [-0.39, 0.29) is 6.04 Å². The van der Waals surface area contributed by atoms with E-state index in [0.717, 1.165) is 12.8 Å². The molecule has 0 radical (unpaired) electrons. The van der Waals surface area contributed by atoms with E-state index >= 15 is 0 Å². The van der Waals surface area contributed by atoms with Crippen LogP contribution in [0.2, 0.25) is 0 Å². The monoisotopic (exact) mass is 302 g/mol.